The van der Waals surface area contributed by atoms with E-state index in [1.807, 2.05) is 0 Å². The van der Waals surface area contributed by atoms with Crippen molar-refractivity contribution in [1.29, 1.82) is 0 Å². The normalized spacial score (nSPS) is 25.3. The average molecular weight is 167 g/mol. The fraction of sp³-hybridized carbons (Fsp3) is 0.818. The number of hydrogen-bond donors (Lipinski definition) is 1. The Balaban J connectivity index is 2.41. The molecule has 1 unspecified atom stereocenters. The minimum absolute atomic E-state index is 0.776. The SMILES string of the molecule is CCC(C)/C=C1/CCCNCC1. The highest BCUT2D eigenvalue weighted by molar-refractivity contribution is 5.05. The summed E-state index contributed by atoms with van der Waals surface area (Å²) in [5.74, 6) is 0.776. The molecule has 1 nitrogen and oxygen atoms in total. The van der Waals surface area contributed by atoms with E-state index in [4.69, 9.17) is 0 Å². The van der Waals surface area contributed by atoms with Crippen LogP contribution < -0.4 is 5.32 Å². The summed E-state index contributed by atoms with van der Waals surface area (Å²) in [6, 6.07) is 0. The molecular weight excluding hydrogens is 146 g/mol. The maximum atomic E-state index is 3.43. The van der Waals surface area contributed by atoms with Gasteiger partial charge in [-0.05, 0) is 38.3 Å². The van der Waals surface area contributed by atoms with Gasteiger partial charge < -0.3 is 5.32 Å². The van der Waals surface area contributed by atoms with Crippen LogP contribution in [0.15, 0.2) is 11.6 Å². The standard InChI is InChI=1S/C11H21N/c1-3-10(2)9-11-5-4-7-12-8-6-11/h9-10,12H,3-8H2,1-2H3/b11-9-. The summed E-state index contributed by atoms with van der Waals surface area (Å²) in [6.07, 6.45) is 7.66. The highest BCUT2D eigenvalue weighted by Crippen LogP contribution is 2.16. The summed E-state index contributed by atoms with van der Waals surface area (Å²) in [6.45, 7) is 6.96. The molecule has 1 rings (SSSR count). The zero-order valence-electron chi connectivity index (χ0n) is 8.40. The van der Waals surface area contributed by atoms with Gasteiger partial charge >= 0.3 is 0 Å². The second kappa shape index (κ2) is 5.36. The number of hydrogen-bond acceptors (Lipinski definition) is 1. The largest absolute Gasteiger partial charge is 0.316 e. The fourth-order valence-corrected chi connectivity index (χ4v) is 1.63. The summed E-state index contributed by atoms with van der Waals surface area (Å²) >= 11 is 0. The molecule has 1 fully saturated rings. The first kappa shape index (κ1) is 9.79. The van der Waals surface area contributed by atoms with E-state index in [0.29, 0.717) is 0 Å². The molecule has 1 N–H and O–H groups in total. The van der Waals surface area contributed by atoms with Crippen molar-refractivity contribution < 1.29 is 0 Å². The molecule has 12 heavy (non-hydrogen) atoms. The summed E-state index contributed by atoms with van der Waals surface area (Å²) < 4.78 is 0. The Labute approximate surface area is 76.2 Å². The molecule has 0 amide bonds. The topological polar surface area (TPSA) is 12.0 Å². The van der Waals surface area contributed by atoms with Gasteiger partial charge in [0.1, 0.15) is 0 Å². The van der Waals surface area contributed by atoms with Crippen LogP contribution in [0.25, 0.3) is 0 Å². The molecule has 1 atom stereocenters. The second-order valence-corrected chi connectivity index (χ2v) is 3.81. The van der Waals surface area contributed by atoms with Gasteiger partial charge in [0.05, 0.1) is 0 Å². The van der Waals surface area contributed by atoms with E-state index in [9.17, 15) is 0 Å². The zero-order valence-corrected chi connectivity index (χ0v) is 8.40. The van der Waals surface area contributed by atoms with Crippen LogP contribution in [0, 0.1) is 5.92 Å². The van der Waals surface area contributed by atoms with Gasteiger partial charge in [-0.25, -0.2) is 0 Å². The van der Waals surface area contributed by atoms with Crippen molar-refractivity contribution in [2.24, 2.45) is 5.92 Å². The molecule has 1 heteroatoms. The van der Waals surface area contributed by atoms with Gasteiger partial charge in [-0.2, -0.15) is 0 Å². The molecule has 1 aliphatic rings. The van der Waals surface area contributed by atoms with Crippen LogP contribution in [0.1, 0.15) is 39.5 Å². The summed E-state index contributed by atoms with van der Waals surface area (Å²) in [5.41, 5.74) is 1.68. The van der Waals surface area contributed by atoms with E-state index in [1.165, 1.54) is 38.8 Å². The molecule has 0 spiro atoms. The summed E-state index contributed by atoms with van der Waals surface area (Å²) in [7, 11) is 0. The number of nitrogens with one attached hydrogen (secondary N) is 1. The highest BCUT2D eigenvalue weighted by Gasteiger charge is 2.04. The van der Waals surface area contributed by atoms with Crippen LogP contribution in [0.3, 0.4) is 0 Å². The molecule has 70 valence electrons. The quantitative estimate of drug-likeness (QED) is 0.624. The van der Waals surface area contributed by atoms with Gasteiger partial charge in [0.15, 0.2) is 0 Å². The maximum Gasteiger partial charge on any atom is -0.00116 e. The Morgan fingerprint density at radius 3 is 3.00 bits per heavy atom. The Hall–Kier alpha value is -0.300. The number of allylic oxidation sites excluding steroid dienone is 1. The smallest absolute Gasteiger partial charge is 0.00116 e. The zero-order chi connectivity index (χ0) is 8.81. The maximum absolute atomic E-state index is 3.43. The minimum atomic E-state index is 0.776. The van der Waals surface area contributed by atoms with Crippen molar-refractivity contribution in [3.05, 3.63) is 11.6 Å². The Morgan fingerprint density at radius 1 is 1.42 bits per heavy atom. The van der Waals surface area contributed by atoms with Gasteiger partial charge in [-0.1, -0.05) is 31.9 Å². The lowest BCUT2D eigenvalue weighted by molar-refractivity contribution is 0.682. The monoisotopic (exact) mass is 167 g/mol. The van der Waals surface area contributed by atoms with Crippen LogP contribution in [0.5, 0.6) is 0 Å². The molecule has 0 saturated carbocycles. The van der Waals surface area contributed by atoms with Crippen molar-refractivity contribution in [3.8, 4) is 0 Å². The first-order valence-electron chi connectivity index (χ1n) is 5.23. The molecule has 0 aromatic carbocycles. The van der Waals surface area contributed by atoms with Crippen LogP contribution in [-0.2, 0) is 0 Å². The van der Waals surface area contributed by atoms with Gasteiger partial charge in [0.2, 0.25) is 0 Å². The molecular formula is C11H21N. The lowest BCUT2D eigenvalue weighted by Gasteiger charge is -2.06. The predicted molar refractivity (Wildman–Crippen MR) is 54.3 cm³/mol. The Morgan fingerprint density at radius 2 is 2.25 bits per heavy atom. The van der Waals surface area contributed by atoms with Crippen molar-refractivity contribution in [2.45, 2.75) is 39.5 Å². The Bertz CT molecular complexity index is 139. The van der Waals surface area contributed by atoms with Crippen molar-refractivity contribution in [3.63, 3.8) is 0 Å². The van der Waals surface area contributed by atoms with E-state index in [0.717, 1.165) is 5.92 Å². The van der Waals surface area contributed by atoms with Crippen molar-refractivity contribution >= 4 is 0 Å². The van der Waals surface area contributed by atoms with E-state index in [2.05, 4.69) is 25.2 Å². The predicted octanol–water partition coefficient (Wildman–Crippen LogP) is 2.73. The van der Waals surface area contributed by atoms with Crippen molar-refractivity contribution in [2.75, 3.05) is 13.1 Å². The molecule has 0 radical (unpaired) electrons. The van der Waals surface area contributed by atoms with E-state index in [1.54, 1.807) is 5.57 Å². The third-order valence-electron chi connectivity index (χ3n) is 2.64. The van der Waals surface area contributed by atoms with Crippen LogP contribution in [0.4, 0.5) is 0 Å². The third kappa shape index (κ3) is 3.40. The molecule has 1 saturated heterocycles. The molecule has 1 heterocycles. The van der Waals surface area contributed by atoms with Crippen LogP contribution >= 0.6 is 0 Å². The molecule has 1 aliphatic heterocycles. The second-order valence-electron chi connectivity index (χ2n) is 3.81. The van der Waals surface area contributed by atoms with E-state index < -0.39 is 0 Å². The molecule has 0 aromatic rings. The summed E-state index contributed by atoms with van der Waals surface area (Å²) in [4.78, 5) is 0. The van der Waals surface area contributed by atoms with E-state index in [-0.39, 0.29) is 0 Å². The third-order valence-corrected chi connectivity index (χ3v) is 2.64. The van der Waals surface area contributed by atoms with Crippen LogP contribution in [-0.4, -0.2) is 13.1 Å². The average Bonchev–Trinajstić information content (AvgIpc) is 2.33. The van der Waals surface area contributed by atoms with E-state index >= 15 is 0 Å². The summed E-state index contributed by atoms with van der Waals surface area (Å²) in [5, 5.41) is 3.43. The Kier molecular flexibility index (Phi) is 4.37. The minimum Gasteiger partial charge on any atom is -0.316 e. The fourth-order valence-electron chi connectivity index (χ4n) is 1.63. The van der Waals surface area contributed by atoms with Crippen LogP contribution in [0.2, 0.25) is 0 Å². The first-order chi connectivity index (χ1) is 5.83. The molecule has 0 aromatic heterocycles. The lowest BCUT2D eigenvalue weighted by atomic mass is 10.0. The molecule has 0 aliphatic carbocycles. The number of rotatable bonds is 2. The van der Waals surface area contributed by atoms with Gasteiger partial charge in [-0.3, -0.25) is 0 Å². The molecule has 0 bridgehead atoms. The van der Waals surface area contributed by atoms with Gasteiger partial charge in [0, 0.05) is 0 Å². The lowest BCUT2D eigenvalue weighted by Crippen LogP contribution is -2.13. The first-order valence-corrected chi connectivity index (χ1v) is 5.23. The highest BCUT2D eigenvalue weighted by atomic mass is 14.8. The van der Waals surface area contributed by atoms with Gasteiger partial charge in [0.25, 0.3) is 0 Å². The van der Waals surface area contributed by atoms with Crippen molar-refractivity contribution in [1.82, 2.24) is 5.32 Å². The van der Waals surface area contributed by atoms with Gasteiger partial charge in [-0.15, -0.1) is 0 Å².